The number of hydrogen-bond acceptors (Lipinski definition) is 3. The lowest BCUT2D eigenvalue weighted by Gasteiger charge is -2.33. The summed E-state index contributed by atoms with van der Waals surface area (Å²) in [4.78, 5) is 14.1. The van der Waals surface area contributed by atoms with Crippen LogP contribution in [0.25, 0.3) is 0 Å². The first-order valence-corrected chi connectivity index (χ1v) is 7.45. The van der Waals surface area contributed by atoms with Crippen LogP contribution >= 0.6 is 23.2 Å². The van der Waals surface area contributed by atoms with Gasteiger partial charge in [0.05, 0.1) is 23.9 Å². The summed E-state index contributed by atoms with van der Waals surface area (Å²) >= 11 is 11.9. The molecule has 2 rings (SSSR count). The van der Waals surface area contributed by atoms with Crippen molar-refractivity contribution in [3.63, 3.8) is 0 Å². The Labute approximate surface area is 128 Å². The van der Waals surface area contributed by atoms with E-state index >= 15 is 0 Å². The molecule has 1 aromatic carbocycles. The normalized spacial score (nSPS) is 19.9. The van der Waals surface area contributed by atoms with Crippen molar-refractivity contribution in [3.05, 3.63) is 28.2 Å². The molecule has 0 radical (unpaired) electrons. The molecule has 110 valence electrons. The molecule has 0 spiro atoms. The maximum atomic E-state index is 12.1. The minimum Gasteiger partial charge on any atom is -0.395 e. The quantitative estimate of drug-likeness (QED) is 0.898. The molecule has 0 bridgehead atoms. The first-order chi connectivity index (χ1) is 9.60. The van der Waals surface area contributed by atoms with Crippen molar-refractivity contribution in [1.82, 2.24) is 4.90 Å². The van der Waals surface area contributed by atoms with Gasteiger partial charge in [-0.05, 0) is 37.6 Å². The molecular formula is C14H18Cl2N2O2. The second kappa shape index (κ2) is 7.27. The molecule has 6 heteroatoms. The topological polar surface area (TPSA) is 52.6 Å². The second-order valence-electron chi connectivity index (χ2n) is 4.98. The lowest BCUT2D eigenvalue weighted by Crippen LogP contribution is -2.45. The molecule has 1 heterocycles. The summed E-state index contributed by atoms with van der Waals surface area (Å²) in [7, 11) is 0. The number of rotatable bonds is 4. The number of nitrogens with zero attached hydrogens (tertiary/aromatic N) is 1. The highest BCUT2D eigenvalue weighted by molar-refractivity contribution is 6.35. The van der Waals surface area contributed by atoms with Crippen molar-refractivity contribution >= 4 is 34.8 Å². The molecule has 4 nitrogen and oxygen atoms in total. The number of halogens is 2. The highest BCUT2D eigenvalue weighted by Gasteiger charge is 2.23. The fraction of sp³-hybridized carbons (Fsp3) is 0.500. The predicted octanol–water partition coefficient (Wildman–Crippen LogP) is 2.78. The van der Waals surface area contributed by atoms with Gasteiger partial charge in [-0.15, -0.1) is 0 Å². The van der Waals surface area contributed by atoms with Crippen LogP contribution in [0.3, 0.4) is 0 Å². The van der Waals surface area contributed by atoms with E-state index in [0.29, 0.717) is 15.7 Å². The van der Waals surface area contributed by atoms with E-state index in [2.05, 4.69) is 5.32 Å². The van der Waals surface area contributed by atoms with Crippen LogP contribution in [0, 0.1) is 0 Å². The molecule has 1 aliphatic rings. The van der Waals surface area contributed by atoms with Crippen molar-refractivity contribution in [3.8, 4) is 0 Å². The van der Waals surface area contributed by atoms with Gasteiger partial charge in [0.15, 0.2) is 0 Å². The van der Waals surface area contributed by atoms with Crippen LogP contribution in [0.2, 0.25) is 10.0 Å². The van der Waals surface area contributed by atoms with Gasteiger partial charge >= 0.3 is 0 Å². The minimum absolute atomic E-state index is 0.0735. The van der Waals surface area contributed by atoms with E-state index in [1.807, 2.05) is 4.90 Å². The van der Waals surface area contributed by atoms with Crippen LogP contribution in [-0.4, -0.2) is 41.7 Å². The molecule has 20 heavy (non-hydrogen) atoms. The number of hydrogen-bond donors (Lipinski definition) is 2. The van der Waals surface area contributed by atoms with Crippen LogP contribution < -0.4 is 5.32 Å². The molecule has 1 unspecified atom stereocenters. The molecule has 1 aliphatic heterocycles. The van der Waals surface area contributed by atoms with Crippen molar-refractivity contribution in [2.24, 2.45) is 0 Å². The van der Waals surface area contributed by atoms with Crippen LogP contribution in [0.5, 0.6) is 0 Å². The summed E-state index contributed by atoms with van der Waals surface area (Å²) in [5, 5.41) is 13.1. The zero-order chi connectivity index (χ0) is 14.5. The Morgan fingerprint density at radius 2 is 2.20 bits per heavy atom. The van der Waals surface area contributed by atoms with Gasteiger partial charge < -0.3 is 10.4 Å². The zero-order valence-corrected chi connectivity index (χ0v) is 12.6. The van der Waals surface area contributed by atoms with Crippen molar-refractivity contribution in [1.29, 1.82) is 0 Å². The Bertz CT molecular complexity index is 482. The lowest BCUT2D eigenvalue weighted by atomic mass is 10.0. The summed E-state index contributed by atoms with van der Waals surface area (Å²) < 4.78 is 0. The summed E-state index contributed by atoms with van der Waals surface area (Å²) in [6, 6.07) is 5.02. The smallest absolute Gasteiger partial charge is 0.238 e. The number of benzene rings is 1. The Hall–Kier alpha value is -0.810. The van der Waals surface area contributed by atoms with Gasteiger partial charge in [0.2, 0.25) is 5.91 Å². The molecule has 1 amide bonds. The van der Waals surface area contributed by atoms with Crippen LogP contribution in [0.4, 0.5) is 5.69 Å². The summed E-state index contributed by atoms with van der Waals surface area (Å²) in [5.41, 5.74) is 0.515. The number of aliphatic hydroxyl groups excluding tert-OH is 1. The van der Waals surface area contributed by atoms with E-state index in [-0.39, 0.29) is 25.1 Å². The fourth-order valence-electron chi connectivity index (χ4n) is 2.44. The van der Waals surface area contributed by atoms with E-state index in [1.165, 1.54) is 0 Å². The maximum absolute atomic E-state index is 12.1. The summed E-state index contributed by atoms with van der Waals surface area (Å²) in [6.07, 6.45) is 3.09. The molecule has 2 N–H and O–H groups in total. The number of likely N-dealkylation sites (tertiary alicyclic amines) is 1. The third-order valence-corrected chi connectivity index (χ3v) is 4.07. The Morgan fingerprint density at radius 3 is 2.95 bits per heavy atom. The number of piperidine rings is 1. The van der Waals surface area contributed by atoms with Gasteiger partial charge in [-0.1, -0.05) is 29.6 Å². The molecule has 0 aliphatic carbocycles. The average molecular weight is 317 g/mol. The van der Waals surface area contributed by atoms with Crippen molar-refractivity contribution in [2.45, 2.75) is 25.3 Å². The van der Waals surface area contributed by atoms with Gasteiger partial charge in [-0.2, -0.15) is 0 Å². The summed E-state index contributed by atoms with van der Waals surface area (Å²) in [6.45, 7) is 1.18. The van der Waals surface area contributed by atoms with E-state index in [9.17, 15) is 9.90 Å². The van der Waals surface area contributed by atoms with E-state index in [0.717, 1.165) is 25.8 Å². The molecular weight excluding hydrogens is 299 g/mol. The van der Waals surface area contributed by atoms with E-state index in [4.69, 9.17) is 23.2 Å². The maximum Gasteiger partial charge on any atom is 0.238 e. The fourth-order valence-corrected chi connectivity index (χ4v) is 2.78. The standard InChI is InChI=1S/C14H18Cl2N2O2/c15-10-4-5-12(16)13(7-10)17-14(20)8-18-6-2-1-3-11(18)9-19/h4-5,7,11,19H,1-3,6,8-9H2,(H,17,20). The largest absolute Gasteiger partial charge is 0.395 e. The number of aliphatic hydroxyl groups is 1. The first kappa shape index (κ1) is 15.6. The predicted molar refractivity (Wildman–Crippen MR) is 81.4 cm³/mol. The second-order valence-corrected chi connectivity index (χ2v) is 5.82. The Kier molecular flexibility index (Phi) is 5.66. The zero-order valence-electron chi connectivity index (χ0n) is 11.1. The van der Waals surface area contributed by atoms with E-state index in [1.54, 1.807) is 18.2 Å². The lowest BCUT2D eigenvalue weighted by molar-refractivity contribution is -0.118. The average Bonchev–Trinajstić information content (AvgIpc) is 2.43. The van der Waals surface area contributed by atoms with Gasteiger partial charge in [0, 0.05) is 11.1 Å². The molecule has 1 atom stereocenters. The van der Waals surface area contributed by atoms with Gasteiger partial charge in [-0.25, -0.2) is 0 Å². The monoisotopic (exact) mass is 316 g/mol. The van der Waals surface area contributed by atoms with Gasteiger partial charge in [0.1, 0.15) is 0 Å². The molecule has 0 saturated carbocycles. The number of nitrogens with one attached hydrogen (secondary N) is 1. The Balaban J connectivity index is 1.96. The molecule has 1 saturated heterocycles. The number of carbonyl (C=O) groups is 1. The Morgan fingerprint density at radius 1 is 1.40 bits per heavy atom. The first-order valence-electron chi connectivity index (χ1n) is 6.70. The highest BCUT2D eigenvalue weighted by Crippen LogP contribution is 2.25. The van der Waals surface area contributed by atoms with Crippen molar-refractivity contribution < 1.29 is 9.90 Å². The number of carbonyl (C=O) groups excluding carboxylic acids is 1. The van der Waals surface area contributed by atoms with Gasteiger partial charge in [0.25, 0.3) is 0 Å². The van der Waals surface area contributed by atoms with E-state index < -0.39 is 0 Å². The summed E-state index contributed by atoms with van der Waals surface area (Å²) in [5.74, 6) is -0.144. The SMILES string of the molecule is O=C(CN1CCCCC1CO)Nc1cc(Cl)ccc1Cl. The van der Waals surface area contributed by atoms with Gasteiger partial charge in [-0.3, -0.25) is 9.69 Å². The van der Waals surface area contributed by atoms with Crippen LogP contribution in [0.1, 0.15) is 19.3 Å². The third kappa shape index (κ3) is 4.09. The molecule has 0 aromatic heterocycles. The highest BCUT2D eigenvalue weighted by atomic mass is 35.5. The van der Waals surface area contributed by atoms with Crippen LogP contribution in [0.15, 0.2) is 18.2 Å². The number of amides is 1. The molecule has 1 fully saturated rings. The third-order valence-electron chi connectivity index (χ3n) is 3.51. The minimum atomic E-state index is -0.144. The van der Waals surface area contributed by atoms with Crippen molar-refractivity contribution in [2.75, 3.05) is 25.0 Å². The number of anilines is 1. The molecule has 1 aromatic rings. The van der Waals surface area contributed by atoms with Crippen LogP contribution in [-0.2, 0) is 4.79 Å².